The molecule has 0 N–H and O–H groups in total. The Kier molecular flexibility index (Phi) is 1280. The van der Waals surface area contributed by atoms with Crippen LogP contribution in [0.4, 0.5) is 0 Å². The summed E-state index contributed by atoms with van der Waals surface area (Å²) in [5, 5.41) is 0. The van der Waals surface area contributed by atoms with Crippen molar-refractivity contribution in [2.45, 2.75) is 0 Å². The van der Waals surface area contributed by atoms with Gasteiger partial charge in [0.2, 0.25) is 0 Å². The molecule has 0 rings (SSSR count). The van der Waals surface area contributed by atoms with Crippen LogP contribution in [0.1, 0.15) is 0 Å². The van der Waals surface area contributed by atoms with E-state index in [0.29, 0.717) is 0 Å². The Hall–Kier alpha value is 2.43. The first-order valence-corrected chi connectivity index (χ1v) is 0. The van der Waals surface area contributed by atoms with Crippen molar-refractivity contribution in [3.05, 3.63) is 0 Å². The predicted molar refractivity (Wildman–Crippen MR) is 13.6 cm³/mol. The van der Waals surface area contributed by atoms with Gasteiger partial charge in [0.15, 0.2) is 0 Å². The smallest absolute Gasteiger partial charge is 2.00 e. The SMILES string of the molecule is [Al+3].[Al+3].[O-2].[O-2].[O-2].[Ta].[Ta]. The maximum Gasteiger partial charge on any atom is 3.00 e. The van der Waals surface area contributed by atoms with Crippen LogP contribution in [0, 0.1) is 0 Å². The summed E-state index contributed by atoms with van der Waals surface area (Å²) in [5.74, 6) is 0. The van der Waals surface area contributed by atoms with Gasteiger partial charge in [-0.25, -0.2) is 0 Å². The Morgan fingerprint density at radius 2 is 0.429 bits per heavy atom. The van der Waals surface area contributed by atoms with E-state index in [9.17, 15) is 0 Å². The normalized spacial score (nSPS) is 0. The van der Waals surface area contributed by atoms with Gasteiger partial charge in [0.1, 0.15) is 0 Å². The molecule has 0 aliphatic heterocycles. The van der Waals surface area contributed by atoms with Gasteiger partial charge in [-0.2, -0.15) is 0 Å². The van der Waals surface area contributed by atoms with Gasteiger partial charge in [-0.1, -0.05) is 0 Å². The molecule has 0 aliphatic carbocycles. The third-order valence-electron chi connectivity index (χ3n) is 0. The van der Waals surface area contributed by atoms with Crippen LogP contribution in [0.2, 0.25) is 0 Å². The van der Waals surface area contributed by atoms with E-state index >= 15 is 0 Å². The van der Waals surface area contributed by atoms with E-state index in [1.54, 1.807) is 0 Å². The molecule has 0 unspecified atom stereocenters. The molecule has 0 aromatic carbocycles. The van der Waals surface area contributed by atoms with Crippen molar-refractivity contribution >= 4 is 34.7 Å². The molecule has 0 aliphatic rings. The van der Waals surface area contributed by atoms with E-state index in [2.05, 4.69) is 0 Å². The molecule has 0 amide bonds. The molecule has 0 atom stereocenters. The minimum atomic E-state index is 0. The second kappa shape index (κ2) is 79.0. The van der Waals surface area contributed by atoms with Gasteiger partial charge in [0.25, 0.3) is 0 Å². The van der Waals surface area contributed by atoms with Crippen LogP contribution >= 0.6 is 0 Å². The molecule has 34 valence electrons. The van der Waals surface area contributed by atoms with E-state index in [1.807, 2.05) is 0 Å². The predicted octanol–water partition coefficient (Wildman–Crippen LogP) is -1.12. The number of hydrogen-bond acceptors (Lipinski definition) is 0. The Morgan fingerprint density at radius 3 is 0.429 bits per heavy atom. The zero-order chi connectivity index (χ0) is 0. The molecule has 7 heteroatoms. The second-order valence-electron chi connectivity index (χ2n) is 0. The van der Waals surface area contributed by atoms with Gasteiger partial charge in [-0.3, -0.25) is 0 Å². The first-order chi connectivity index (χ1) is 0. The average Bonchev–Trinajstić information content (AvgIpc) is 0. The summed E-state index contributed by atoms with van der Waals surface area (Å²) in [6.45, 7) is 0. The summed E-state index contributed by atoms with van der Waals surface area (Å²) < 4.78 is 0. The monoisotopic (exact) mass is 464 g/mol. The van der Waals surface area contributed by atoms with Crippen LogP contribution in [0.5, 0.6) is 0 Å². The van der Waals surface area contributed by atoms with Crippen LogP contribution in [0.25, 0.3) is 0 Å². The van der Waals surface area contributed by atoms with Crippen molar-refractivity contribution in [1.29, 1.82) is 0 Å². The van der Waals surface area contributed by atoms with Gasteiger partial charge >= 0.3 is 34.7 Å². The summed E-state index contributed by atoms with van der Waals surface area (Å²) in [5.41, 5.74) is 0. The van der Waals surface area contributed by atoms with Gasteiger partial charge in [-0.15, -0.1) is 0 Å². The summed E-state index contributed by atoms with van der Waals surface area (Å²) in [4.78, 5) is 0. The maximum atomic E-state index is 0. The molecule has 0 saturated carbocycles. The summed E-state index contributed by atoms with van der Waals surface area (Å²) >= 11 is 0. The topological polar surface area (TPSA) is 85.5 Å². The molecule has 0 spiro atoms. The second-order valence-corrected chi connectivity index (χ2v) is 0. The van der Waals surface area contributed by atoms with Crippen LogP contribution in [-0.4, -0.2) is 34.7 Å². The van der Waals surface area contributed by atoms with Crippen molar-refractivity contribution in [2.75, 3.05) is 0 Å². The molecule has 0 bridgehead atoms. The van der Waals surface area contributed by atoms with Crippen LogP contribution in [0.3, 0.4) is 0 Å². The van der Waals surface area contributed by atoms with Gasteiger partial charge in [0.05, 0.1) is 0 Å². The Labute approximate surface area is 94.8 Å². The Bertz CT molecular complexity index is 10.9. The third-order valence-corrected chi connectivity index (χ3v) is 0. The molecule has 0 saturated heterocycles. The van der Waals surface area contributed by atoms with E-state index < -0.39 is 0 Å². The standard InChI is InChI=1S/2Al.3O.2Ta/q2*+3;3*-2;;. The van der Waals surface area contributed by atoms with E-state index in [4.69, 9.17) is 0 Å². The average molecular weight is 464 g/mol. The van der Waals surface area contributed by atoms with Crippen molar-refractivity contribution in [3.8, 4) is 0 Å². The van der Waals surface area contributed by atoms with E-state index in [0.717, 1.165) is 0 Å². The molecule has 7 heavy (non-hydrogen) atoms. The van der Waals surface area contributed by atoms with Gasteiger partial charge < -0.3 is 16.4 Å². The number of rotatable bonds is 0. The maximum absolute atomic E-state index is 0. The zero-order valence-corrected chi connectivity index (χ0v) is 12.0. The molecule has 0 fully saturated rings. The summed E-state index contributed by atoms with van der Waals surface area (Å²) in [6, 6.07) is 0. The van der Waals surface area contributed by atoms with Crippen molar-refractivity contribution < 1.29 is 61.2 Å². The van der Waals surface area contributed by atoms with Crippen molar-refractivity contribution in [2.24, 2.45) is 0 Å². The fourth-order valence-electron chi connectivity index (χ4n) is 0. The van der Waals surface area contributed by atoms with Crippen molar-refractivity contribution in [1.82, 2.24) is 0 Å². The molecule has 0 heterocycles. The quantitative estimate of drug-likeness (QED) is 0.408. The molecular formula is Al2O3Ta2. The minimum Gasteiger partial charge on any atom is -2.00 e. The molecule has 0 aromatic heterocycles. The Morgan fingerprint density at radius 1 is 0.429 bits per heavy atom. The molecule has 2 radical (unpaired) electrons. The van der Waals surface area contributed by atoms with Crippen LogP contribution in [-0.2, 0) is 61.2 Å². The zero-order valence-electron chi connectivity index (χ0n) is 3.27. The molecular weight excluding hydrogens is 464 g/mol. The van der Waals surface area contributed by atoms with Crippen LogP contribution in [0.15, 0.2) is 0 Å². The number of hydrogen-bond donors (Lipinski definition) is 0. The molecule has 3 nitrogen and oxygen atoms in total. The largest absolute Gasteiger partial charge is 3.00 e. The first kappa shape index (κ1) is 114. The van der Waals surface area contributed by atoms with Crippen molar-refractivity contribution in [3.63, 3.8) is 0 Å². The molecule has 0 aromatic rings. The Balaban J connectivity index is 0. The van der Waals surface area contributed by atoms with Gasteiger partial charge in [0, 0.05) is 44.8 Å². The van der Waals surface area contributed by atoms with E-state index in [1.165, 1.54) is 0 Å². The third kappa shape index (κ3) is 59.1. The fraction of sp³-hybridized carbons (Fsp3) is 0. The summed E-state index contributed by atoms with van der Waals surface area (Å²) in [7, 11) is 0. The minimum absolute atomic E-state index is 0. The van der Waals surface area contributed by atoms with E-state index in [-0.39, 0.29) is 95.9 Å². The van der Waals surface area contributed by atoms with Crippen LogP contribution < -0.4 is 0 Å². The fourth-order valence-corrected chi connectivity index (χ4v) is 0. The van der Waals surface area contributed by atoms with Gasteiger partial charge in [-0.05, 0) is 0 Å². The first-order valence-electron chi connectivity index (χ1n) is 0. The summed E-state index contributed by atoms with van der Waals surface area (Å²) in [6.07, 6.45) is 0.